The Morgan fingerprint density at radius 1 is 1.09 bits per heavy atom. The predicted molar refractivity (Wildman–Crippen MR) is 93.0 cm³/mol. The Kier molecular flexibility index (Phi) is 3.25. The van der Waals surface area contributed by atoms with Crippen molar-refractivity contribution >= 4 is 0 Å². The summed E-state index contributed by atoms with van der Waals surface area (Å²) in [7, 11) is 0. The zero-order valence-electron chi connectivity index (χ0n) is 15.7. The van der Waals surface area contributed by atoms with Crippen LogP contribution in [0.1, 0.15) is 73.1 Å². The Bertz CT molecular complexity index is 526. The fourth-order valence-electron chi connectivity index (χ4n) is 7.38. The van der Waals surface area contributed by atoms with Gasteiger partial charge in [-0.3, -0.25) is 0 Å². The lowest BCUT2D eigenvalue weighted by molar-refractivity contribution is -0.192. The molecule has 0 amide bonds. The third-order valence-electron chi connectivity index (χ3n) is 8.47. The Hall–Kier alpha value is -0.340. The van der Waals surface area contributed by atoms with Crippen molar-refractivity contribution in [3.63, 3.8) is 0 Å². The lowest BCUT2D eigenvalue weighted by Gasteiger charge is -2.47. The summed E-state index contributed by atoms with van der Waals surface area (Å²) in [6.45, 7) is 15.9. The highest BCUT2D eigenvalue weighted by Crippen LogP contribution is 2.75. The average molecular weight is 319 g/mol. The number of hydrogen-bond acceptors (Lipinski definition) is 2. The molecule has 2 nitrogen and oxygen atoms in total. The van der Waals surface area contributed by atoms with Crippen molar-refractivity contribution in [2.24, 2.45) is 28.6 Å². The summed E-state index contributed by atoms with van der Waals surface area (Å²) in [5.41, 5.74) is 0.751. The summed E-state index contributed by atoms with van der Waals surface area (Å²) < 4.78 is 13.3. The quantitative estimate of drug-likeness (QED) is 0.655. The van der Waals surface area contributed by atoms with Gasteiger partial charge in [0.25, 0.3) is 0 Å². The molecule has 130 valence electrons. The van der Waals surface area contributed by atoms with Gasteiger partial charge in [-0.05, 0) is 74.5 Å². The third kappa shape index (κ3) is 1.88. The summed E-state index contributed by atoms with van der Waals surface area (Å²) in [5, 5.41) is 0. The summed E-state index contributed by atoms with van der Waals surface area (Å²) in [6, 6.07) is 0. The van der Waals surface area contributed by atoms with Crippen molar-refractivity contribution in [2.75, 3.05) is 0 Å². The van der Waals surface area contributed by atoms with Crippen LogP contribution in [0.2, 0.25) is 0 Å². The van der Waals surface area contributed by atoms with Crippen molar-refractivity contribution in [3.05, 3.63) is 12.7 Å². The van der Waals surface area contributed by atoms with Gasteiger partial charge in [0.15, 0.2) is 5.79 Å². The molecule has 3 aliphatic carbocycles. The van der Waals surface area contributed by atoms with E-state index in [4.69, 9.17) is 9.47 Å². The van der Waals surface area contributed by atoms with Crippen LogP contribution >= 0.6 is 0 Å². The van der Waals surface area contributed by atoms with E-state index >= 15 is 0 Å². The number of ether oxygens (including phenoxy) is 2. The van der Waals surface area contributed by atoms with Crippen LogP contribution < -0.4 is 0 Å². The first-order chi connectivity index (χ1) is 10.7. The Morgan fingerprint density at radius 2 is 1.83 bits per heavy atom. The molecule has 4 rings (SSSR count). The van der Waals surface area contributed by atoms with Gasteiger partial charge >= 0.3 is 0 Å². The number of hydrogen-bond donors (Lipinski definition) is 0. The van der Waals surface area contributed by atoms with Crippen LogP contribution in [0.25, 0.3) is 0 Å². The largest absolute Gasteiger partial charge is 0.344 e. The van der Waals surface area contributed by atoms with Gasteiger partial charge in [-0.15, -0.1) is 6.58 Å². The van der Waals surface area contributed by atoms with E-state index in [0.29, 0.717) is 16.7 Å². The number of allylic oxidation sites excluding steroid dienone is 1. The van der Waals surface area contributed by atoms with Gasteiger partial charge in [-0.2, -0.15) is 0 Å². The van der Waals surface area contributed by atoms with Gasteiger partial charge < -0.3 is 9.47 Å². The molecule has 0 unspecified atom stereocenters. The molecule has 7 atom stereocenters. The number of rotatable bonds is 3. The van der Waals surface area contributed by atoms with Gasteiger partial charge in [0.1, 0.15) is 0 Å². The molecule has 3 saturated carbocycles. The maximum atomic E-state index is 6.74. The molecule has 1 saturated heterocycles. The second-order valence-electron chi connectivity index (χ2n) is 9.90. The molecule has 0 aromatic carbocycles. The van der Waals surface area contributed by atoms with Crippen molar-refractivity contribution in [1.82, 2.24) is 0 Å². The van der Waals surface area contributed by atoms with Crippen LogP contribution in [-0.2, 0) is 9.47 Å². The molecule has 2 bridgehead atoms. The highest BCUT2D eigenvalue weighted by atomic mass is 16.8. The van der Waals surface area contributed by atoms with Crippen LogP contribution in [0, 0.1) is 28.6 Å². The van der Waals surface area contributed by atoms with Gasteiger partial charge in [-0.25, -0.2) is 0 Å². The maximum Gasteiger partial charge on any atom is 0.167 e. The van der Waals surface area contributed by atoms with E-state index in [2.05, 4.69) is 41.2 Å². The Labute approximate surface area is 142 Å². The van der Waals surface area contributed by atoms with Crippen LogP contribution in [0.4, 0.5) is 0 Å². The van der Waals surface area contributed by atoms with E-state index in [9.17, 15) is 0 Å². The summed E-state index contributed by atoms with van der Waals surface area (Å²) in [6.07, 6.45) is 9.48. The Balaban J connectivity index is 1.71. The third-order valence-corrected chi connectivity index (χ3v) is 8.47. The first-order valence-electron chi connectivity index (χ1n) is 9.67. The second-order valence-corrected chi connectivity index (χ2v) is 9.90. The van der Waals surface area contributed by atoms with Crippen LogP contribution in [0.15, 0.2) is 12.7 Å². The highest BCUT2D eigenvalue weighted by molar-refractivity contribution is 5.21. The highest BCUT2D eigenvalue weighted by Gasteiger charge is 2.74. The predicted octanol–water partition coefficient (Wildman–Crippen LogP) is 5.33. The van der Waals surface area contributed by atoms with Gasteiger partial charge in [0, 0.05) is 6.42 Å². The molecule has 0 aromatic rings. The van der Waals surface area contributed by atoms with E-state index in [1.54, 1.807) is 0 Å². The first-order valence-corrected chi connectivity index (χ1v) is 9.67. The van der Waals surface area contributed by atoms with E-state index in [-0.39, 0.29) is 11.7 Å². The zero-order valence-corrected chi connectivity index (χ0v) is 15.7. The lowest BCUT2D eigenvalue weighted by atomic mass is 9.63. The topological polar surface area (TPSA) is 18.5 Å². The van der Waals surface area contributed by atoms with E-state index in [0.717, 1.165) is 24.7 Å². The van der Waals surface area contributed by atoms with Crippen molar-refractivity contribution in [3.8, 4) is 0 Å². The van der Waals surface area contributed by atoms with Crippen molar-refractivity contribution in [2.45, 2.75) is 90.6 Å². The molecule has 23 heavy (non-hydrogen) atoms. The molecule has 0 N–H and O–H groups in total. The number of fused-ring (bicyclic) bond motifs is 3. The standard InChI is InChI=1S/C21H34O2/c1-7-8-11-19(5)22-17-13-21-12-16(20(17,6)23-19)18(3,4)15(21)10-9-14(21)2/h7,14-17H,1,8-13H2,2-6H3/t14-,15+,16-,17+,19-,20-,21-/m1/s1. The minimum atomic E-state index is -0.428. The molecule has 2 heteroatoms. The smallest absolute Gasteiger partial charge is 0.167 e. The molecular formula is C21H34O2. The average Bonchev–Trinajstić information content (AvgIpc) is 2.99. The monoisotopic (exact) mass is 318 g/mol. The maximum absolute atomic E-state index is 6.74. The summed E-state index contributed by atoms with van der Waals surface area (Å²) >= 11 is 0. The van der Waals surface area contributed by atoms with Crippen LogP contribution in [0.3, 0.4) is 0 Å². The SMILES string of the molecule is C=CCC[C@]1(C)O[C@H]2C[C@@]34C[C@H](C(C)(C)[C@@H]3CC[C@H]4C)[C@@]2(C)O1. The zero-order chi connectivity index (χ0) is 16.7. The molecule has 4 fully saturated rings. The van der Waals surface area contributed by atoms with Crippen molar-refractivity contribution < 1.29 is 9.47 Å². The molecular weight excluding hydrogens is 284 g/mol. The second kappa shape index (κ2) is 4.64. The lowest BCUT2D eigenvalue weighted by Crippen LogP contribution is -2.52. The first kappa shape index (κ1) is 16.1. The van der Waals surface area contributed by atoms with Crippen molar-refractivity contribution in [1.29, 1.82) is 0 Å². The Morgan fingerprint density at radius 3 is 2.52 bits per heavy atom. The molecule has 1 spiro atoms. The summed E-state index contributed by atoms with van der Waals surface area (Å²) in [4.78, 5) is 0. The van der Waals surface area contributed by atoms with Gasteiger partial charge in [-0.1, -0.05) is 26.8 Å². The molecule has 1 aliphatic heterocycles. The van der Waals surface area contributed by atoms with E-state index in [1.807, 2.05) is 6.08 Å². The van der Waals surface area contributed by atoms with Gasteiger partial charge in [0.05, 0.1) is 11.7 Å². The summed E-state index contributed by atoms with van der Waals surface area (Å²) in [5.74, 6) is 1.88. The molecule has 1 heterocycles. The molecule has 0 aromatic heterocycles. The normalized spacial score (nSPS) is 56.4. The fraction of sp³-hybridized carbons (Fsp3) is 0.905. The van der Waals surface area contributed by atoms with Gasteiger partial charge in [0.2, 0.25) is 0 Å². The molecule has 4 aliphatic rings. The van der Waals surface area contributed by atoms with E-state index < -0.39 is 5.79 Å². The van der Waals surface area contributed by atoms with Crippen LogP contribution in [-0.4, -0.2) is 17.5 Å². The fourth-order valence-corrected chi connectivity index (χ4v) is 7.38. The minimum Gasteiger partial charge on any atom is -0.344 e. The van der Waals surface area contributed by atoms with E-state index in [1.165, 1.54) is 25.7 Å². The minimum absolute atomic E-state index is 0.116. The van der Waals surface area contributed by atoms with Crippen LogP contribution in [0.5, 0.6) is 0 Å². The molecule has 0 radical (unpaired) electrons.